The van der Waals surface area contributed by atoms with Crippen LogP contribution >= 0.6 is 0 Å². The highest BCUT2D eigenvalue weighted by atomic mass is 16.5. The molecular formula is C25H27NO5. The first-order valence-electron chi connectivity index (χ1n) is 10.9. The maximum Gasteiger partial charge on any atom is 0.227 e. The number of benzene rings is 2. The number of ether oxygens (including phenoxy) is 1. The zero-order valence-corrected chi connectivity index (χ0v) is 17.6. The van der Waals surface area contributed by atoms with Crippen molar-refractivity contribution < 1.29 is 24.2 Å². The maximum atomic E-state index is 12.9. The molecule has 2 heterocycles. The number of aldehydes is 1. The van der Waals surface area contributed by atoms with E-state index >= 15 is 0 Å². The number of piperidine rings is 1. The normalized spacial score (nSPS) is 21.3. The van der Waals surface area contributed by atoms with Crippen LogP contribution in [0.15, 0.2) is 42.5 Å². The lowest BCUT2D eigenvalue weighted by atomic mass is 9.80. The first-order valence-corrected chi connectivity index (χ1v) is 10.9. The molecule has 6 nitrogen and oxygen atoms in total. The van der Waals surface area contributed by atoms with Crippen molar-refractivity contribution in [1.29, 1.82) is 0 Å². The third kappa shape index (κ3) is 4.20. The highest BCUT2D eigenvalue weighted by molar-refractivity contribution is 6.17. The number of nitrogens with zero attached hydrogens (tertiary/aromatic N) is 1. The van der Waals surface area contributed by atoms with E-state index in [2.05, 4.69) is 12.1 Å². The lowest BCUT2D eigenvalue weighted by Gasteiger charge is -2.42. The second kappa shape index (κ2) is 8.92. The average Bonchev–Trinajstić information content (AvgIpc) is 2.74. The monoisotopic (exact) mass is 421 g/mol. The molecule has 4 rings (SSSR count). The lowest BCUT2D eigenvalue weighted by Crippen LogP contribution is -2.54. The summed E-state index contributed by atoms with van der Waals surface area (Å²) >= 11 is 0. The van der Waals surface area contributed by atoms with Gasteiger partial charge in [0.05, 0.1) is 29.3 Å². The molecule has 0 aliphatic carbocycles. The van der Waals surface area contributed by atoms with E-state index < -0.39 is 17.7 Å². The second-order valence-electron chi connectivity index (χ2n) is 8.39. The van der Waals surface area contributed by atoms with E-state index in [0.29, 0.717) is 37.0 Å². The smallest absolute Gasteiger partial charge is 0.227 e. The number of hydrogen-bond acceptors (Lipinski definition) is 5. The van der Waals surface area contributed by atoms with E-state index in [1.54, 1.807) is 6.07 Å². The van der Waals surface area contributed by atoms with Crippen molar-refractivity contribution >= 4 is 23.7 Å². The summed E-state index contributed by atoms with van der Waals surface area (Å²) in [7, 11) is 0. The zero-order chi connectivity index (χ0) is 22.0. The van der Waals surface area contributed by atoms with Crippen molar-refractivity contribution in [2.45, 2.75) is 57.6 Å². The summed E-state index contributed by atoms with van der Waals surface area (Å²) in [6, 6.07) is 12.8. The van der Waals surface area contributed by atoms with Crippen LogP contribution in [-0.2, 0) is 16.0 Å². The molecule has 31 heavy (non-hydrogen) atoms. The molecule has 3 atom stereocenters. The number of anilines is 1. The second-order valence-corrected chi connectivity index (χ2v) is 8.39. The molecule has 2 aromatic rings. The molecule has 0 aromatic heterocycles. The molecule has 1 N–H and O–H groups in total. The predicted molar refractivity (Wildman–Crippen MR) is 117 cm³/mol. The highest BCUT2D eigenvalue weighted by Crippen LogP contribution is 2.44. The predicted octanol–water partition coefficient (Wildman–Crippen LogP) is 4.08. The van der Waals surface area contributed by atoms with Crippen molar-refractivity contribution in [3.8, 4) is 11.5 Å². The minimum absolute atomic E-state index is 0.0349. The quantitative estimate of drug-likeness (QED) is 0.538. The van der Waals surface area contributed by atoms with Crippen LogP contribution < -0.4 is 9.64 Å². The van der Waals surface area contributed by atoms with Crippen molar-refractivity contribution in [1.82, 2.24) is 0 Å². The molecular weight excluding hydrogens is 394 g/mol. The van der Waals surface area contributed by atoms with E-state index in [1.165, 1.54) is 16.5 Å². The van der Waals surface area contributed by atoms with E-state index in [4.69, 9.17) is 4.74 Å². The molecule has 0 radical (unpaired) electrons. The minimum Gasteiger partial charge on any atom is -0.507 e. The first-order chi connectivity index (χ1) is 15.0. The van der Waals surface area contributed by atoms with Gasteiger partial charge in [0.15, 0.2) is 5.78 Å². The molecule has 1 saturated heterocycles. The number of phenolic OH excluding ortho intramolecular Hbond substituents is 1. The van der Waals surface area contributed by atoms with E-state index in [0.717, 1.165) is 19.3 Å². The molecule has 2 aliphatic heterocycles. The van der Waals surface area contributed by atoms with Crippen LogP contribution in [0, 0.1) is 5.92 Å². The van der Waals surface area contributed by atoms with Crippen molar-refractivity contribution in [2.75, 3.05) is 4.90 Å². The Morgan fingerprint density at radius 1 is 1.23 bits per heavy atom. The van der Waals surface area contributed by atoms with Crippen LogP contribution in [0.1, 0.15) is 54.9 Å². The number of amides is 1. The molecule has 0 bridgehead atoms. The van der Waals surface area contributed by atoms with Crippen LogP contribution in [0.2, 0.25) is 0 Å². The van der Waals surface area contributed by atoms with Crippen LogP contribution in [-0.4, -0.2) is 35.2 Å². The fourth-order valence-electron chi connectivity index (χ4n) is 4.67. The van der Waals surface area contributed by atoms with Gasteiger partial charge in [-0.3, -0.25) is 9.59 Å². The Labute approximate surface area is 181 Å². The Morgan fingerprint density at radius 3 is 2.74 bits per heavy atom. The molecule has 162 valence electrons. The number of carbonyl (C=O) groups is 3. The number of Topliss-reactive ketones (excluding diaryl/α,β-unsaturated/α-hetero) is 1. The van der Waals surface area contributed by atoms with E-state index in [9.17, 15) is 19.5 Å². The number of rotatable bonds is 7. The van der Waals surface area contributed by atoms with Gasteiger partial charge in [-0.2, -0.15) is 0 Å². The number of carbonyl (C=O) groups excluding carboxylic acids is 3. The van der Waals surface area contributed by atoms with Gasteiger partial charge in [-0.05, 0) is 44.6 Å². The molecule has 6 heteroatoms. The summed E-state index contributed by atoms with van der Waals surface area (Å²) in [4.78, 5) is 38.6. The van der Waals surface area contributed by atoms with Gasteiger partial charge in [0.2, 0.25) is 5.91 Å². The number of aromatic hydroxyl groups is 1. The van der Waals surface area contributed by atoms with Crippen LogP contribution in [0.3, 0.4) is 0 Å². The van der Waals surface area contributed by atoms with E-state index in [-0.39, 0.29) is 23.3 Å². The lowest BCUT2D eigenvalue weighted by molar-refractivity contribution is -0.121. The summed E-state index contributed by atoms with van der Waals surface area (Å²) < 4.78 is 6.02. The van der Waals surface area contributed by atoms with Gasteiger partial charge in [0, 0.05) is 18.6 Å². The molecule has 2 aliphatic rings. The fraction of sp³-hybridized carbons (Fsp3) is 0.400. The summed E-state index contributed by atoms with van der Waals surface area (Å²) in [5.41, 5.74) is 1.66. The number of ketones is 1. The summed E-state index contributed by atoms with van der Waals surface area (Å²) in [5, 5.41) is 10.6. The number of fused-ring (bicyclic) bond motifs is 3. The van der Waals surface area contributed by atoms with Gasteiger partial charge in [-0.1, -0.05) is 30.3 Å². The standard InChI is InChI=1S/C25H27NO5/c1-16(7-5-10-17-8-3-2-4-9-17)31-18-13-21-24(22(28)14-18)25(30)19(15-27)20-11-6-12-23(29)26(20)21/h2-4,8-9,13-16,19-20,28H,5-7,10-12H2,1H3. The zero-order valence-electron chi connectivity index (χ0n) is 17.6. The minimum atomic E-state index is -0.939. The van der Waals surface area contributed by atoms with Gasteiger partial charge in [0.25, 0.3) is 0 Å². The van der Waals surface area contributed by atoms with Crippen molar-refractivity contribution in [2.24, 2.45) is 5.92 Å². The van der Waals surface area contributed by atoms with Crippen LogP contribution in [0.25, 0.3) is 0 Å². The van der Waals surface area contributed by atoms with Crippen LogP contribution in [0.5, 0.6) is 11.5 Å². The summed E-state index contributed by atoms with van der Waals surface area (Å²) in [6.07, 6.45) is 4.82. The Bertz CT molecular complexity index is 987. The molecule has 0 saturated carbocycles. The van der Waals surface area contributed by atoms with Gasteiger partial charge in [-0.25, -0.2) is 0 Å². The van der Waals surface area contributed by atoms with Crippen molar-refractivity contribution in [3.05, 3.63) is 53.6 Å². The topological polar surface area (TPSA) is 83.9 Å². The van der Waals surface area contributed by atoms with Crippen LogP contribution in [0.4, 0.5) is 5.69 Å². The SMILES string of the molecule is CC(CCCc1ccccc1)Oc1cc(O)c2c(c1)N1C(=O)CCCC1C(C=O)C2=O. The first kappa shape index (κ1) is 21.1. The molecule has 2 aromatic carbocycles. The fourth-order valence-corrected chi connectivity index (χ4v) is 4.67. The third-order valence-electron chi connectivity index (χ3n) is 6.19. The Balaban J connectivity index is 1.53. The van der Waals surface area contributed by atoms with Crippen molar-refractivity contribution in [3.63, 3.8) is 0 Å². The average molecular weight is 421 g/mol. The largest absolute Gasteiger partial charge is 0.507 e. The number of phenols is 1. The highest BCUT2D eigenvalue weighted by Gasteiger charge is 2.45. The Kier molecular flexibility index (Phi) is 6.07. The number of aryl methyl sites for hydroxylation is 1. The maximum absolute atomic E-state index is 12.9. The van der Waals surface area contributed by atoms with Gasteiger partial charge < -0.3 is 19.5 Å². The summed E-state index contributed by atoms with van der Waals surface area (Å²) in [5.74, 6) is -1.34. The van der Waals surface area contributed by atoms with Gasteiger partial charge in [0.1, 0.15) is 17.8 Å². The molecule has 1 amide bonds. The van der Waals surface area contributed by atoms with Gasteiger partial charge in [-0.15, -0.1) is 0 Å². The number of hydrogen-bond donors (Lipinski definition) is 1. The molecule has 1 fully saturated rings. The third-order valence-corrected chi connectivity index (χ3v) is 6.19. The van der Waals surface area contributed by atoms with Gasteiger partial charge >= 0.3 is 0 Å². The Morgan fingerprint density at radius 2 is 2.00 bits per heavy atom. The molecule has 0 spiro atoms. The Hall–Kier alpha value is -3.15. The summed E-state index contributed by atoms with van der Waals surface area (Å²) in [6.45, 7) is 1.96. The molecule has 3 unspecified atom stereocenters. The van der Waals surface area contributed by atoms with E-state index in [1.807, 2.05) is 25.1 Å².